The van der Waals surface area contributed by atoms with Crippen molar-refractivity contribution in [2.24, 2.45) is 0 Å². The SMILES string of the molecule is O=[SH](=O)c1cccc(C(F)(F)F)c1. The first-order valence-electron chi connectivity index (χ1n) is 3.23. The molecule has 6 heteroatoms. The molecule has 0 spiro atoms. The van der Waals surface area contributed by atoms with Crippen LogP contribution in [0.15, 0.2) is 29.2 Å². The van der Waals surface area contributed by atoms with Gasteiger partial charge >= 0.3 is 6.18 Å². The van der Waals surface area contributed by atoms with E-state index in [1.807, 2.05) is 0 Å². The fourth-order valence-electron chi connectivity index (χ4n) is 0.796. The average Bonchev–Trinajstić information content (AvgIpc) is 2.03. The zero-order chi connectivity index (χ0) is 10.1. The van der Waals surface area contributed by atoms with Crippen LogP contribution in [0.3, 0.4) is 0 Å². The van der Waals surface area contributed by atoms with Gasteiger partial charge in [0.15, 0.2) is 10.7 Å². The summed E-state index contributed by atoms with van der Waals surface area (Å²) in [5.74, 6) is 0. The molecule has 1 aromatic carbocycles. The van der Waals surface area contributed by atoms with Crippen molar-refractivity contribution < 1.29 is 21.6 Å². The summed E-state index contributed by atoms with van der Waals surface area (Å²) >= 11 is 0. The van der Waals surface area contributed by atoms with Crippen molar-refractivity contribution in [3.05, 3.63) is 29.8 Å². The molecule has 0 saturated carbocycles. The van der Waals surface area contributed by atoms with Crippen LogP contribution < -0.4 is 0 Å². The second-order valence-electron chi connectivity index (χ2n) is 2.31. The molecule has 0 aliphatic heterocycles. The molecule has 0 bridgehead atoms. The van der Waals surface area contributed by atoms with E-state index in [0.29, 0.717) is 6.07 Å². The fourth-order valence-corrected chi connectivity index (χ4v) is 1.25. The highest BCUT2D eigenvalue weighted by atomic mass is 32.2. The van der Waals surface area contributed by atoms with Crippen molar-refractivity contribution in [2.75, 3.05) is 0 Å². The highest BCUT2D eigenvalue weighted by Crippen LogP contribution is 2.29. The van der Waals surface area contributed by atoms with Crippen LogP contribution >= 0.6 is 0 Å². The minimum Gasteiger partial charge on any atom is -0.227 e. The van der Waals surface area contributed by atoms with Crippen molar-refractivity contribution in [1.29, 1.82) is 0 Å². The minimum absolute atomic E-state index is 0.329. The van der Waals surface area contributed by atoms with Crippen molar-refractivity contribution in [2.45, 2.75) is 11.1 Å². The third-order valence-electron chi connectivity index (χ3n) is 1.38. The second-order valence-corrected chi connectivity index (χ2v) is 3.34. The highest BCUT2D eigenvalue weighted by Gasteiger charge is 2.30. The zero-order valence-corrected chi connectivity index (χ0v) is 7.10. The molecule has 1 rings (SSSR count). The normalized spacial score (nSPS) is 12.0. The van der Waals surface area contributed by atoms with Crippen LogP contribution in [-0.4, -0.2) is 8.42 Å². The molecule has 0 amide bonds. The van der Waals surface area contributed by atoms with Gasteiger partial charge in [-0.05, 0) is 18.2 Å². The number of hydrogen-bond donors (Lipinski definition) is 1. The monoisotopic (exact) mass is 210 g/mol. The van der Waals surface area contributed by atoms with Gasteiger partial charge in [0.05, 0.1) is 10.5 Å². The van der Waals surface area contributed by atoms with E-state index in [2.05, 4.69) is 0 Å². The largest absolute Gasteiger partial charge is 0.416 e. The van der Waals surface area contributed by atoms with Crippen LogP contribution in [0.5, 0.6) is 0 Å². The minimum atomic E-state index is -4.50. The number of benzene rings is 1. The van der Waals surface area contributed by atoms with Crippen molar-refractivity contribution >= 4 is 10.7 Å². The molecular formula is C7H5F3O2S. The molecular weight excluding hydrogens is 205 g/mol. The van der Waals surface area contributed by atoms with Gasteiger partial charge in [-0.3, -0.25) is 0 Å². The van der Waals surface area contributed by atoms with Crippen molar-refractivity contribution in [3.63, 3.8) is 0 Å². The average molecular weight is 210 g/mol. The zero-order valence-electron chi connectivity index (χ0n) is 6.21. The van der Waals surface area contributed by atoms with E-state index in [1.54, 1.807) is 0 Å². The van der Waals surface area contributed by atoms with Crippen LogP contribution in [0.2, 0.25) is 0 Å². The first-order chi connectivity index (χ1) is 5.91. The molecule has 0 aliphatic rings. The summed E-state index contributed by atoms with van der Waals surface area (Å²) in [5, 5.41) is 0. The Balaban J connectivity index is 3.21. The van der Waals surface area contributed by atoms with E-state index in [1.165, 1.54) is 0 Å². The van der Waals surface area contributed by atoms with Gasteiger partial charge in [-0.15, -0.1) is 0 Å². The van der Waals surface area contributed by atoms with Crippen molar-refractivity contribution in [3.8, 4) is 0 Å². The maximum absolute atomic E-state index is 12.0. The summed E-state index contributed by atoms with van der Waals surface area (Å²) in [6.45, 7) is 0. The predicted octanol–water partition coefficient (Wildman–Crippen LogP) is 1.68. The van der Waals surface area contributed by atoms with Crippen LogP contribution in [0.4, 0.5) is 13.2 Å². The number of thiol groups is 1. The van der Waals surface area contributed by atoms with E-state index in [4.69, 9.17) is 0 Å². The molecule has 0 aromatic heterocycles. The summed E-state index contributed by atoms with van der Waals surface area (Å²) in [4.78, 5) is -0.329. The topological polar surface area (TPSA) is 34.1 Å². The Morgan fingerprint density at radius 1 is 1.15 bits per heavy atom. The summed E-state index contributed by atoms with van der Waals surface area (Å²) in [6.07, 6.45) is -4.50. The lowest BCUT2D eigenvalue weighted by molar-refractivity contribution is -0.137. The third-order valence-corrected chi connectivity index (χ3v) is 2.08. The van der Waals surface area contributed by atoms with Crippen LogP contribution in [0.25, 0.3) is 0 Å². The third kappa shape index (κ3) is 2.45. The predicted molar refractivity (Wildman–Crippen MR) is 40.0 cm³/mol. The lowest BCUT2D eigenvalue weighted by Crippen LogP contribution is -2.04. The van der Waals surface area contributed by atoms with Crippen LogP contribution in [0.1, 0.15) is 5.56 Å². The van der Waals surface area contributed by atoms with Gasteiger partial charge < -0.3 is 0 Å². The molecule has 0 saturated heterocycles. The molecule has 72 valence electrons. The van der Waals surface area contributed by atoms with Crippen molar-refractivity contribution in [1.82, 2.24) is 0 Å². The van der Waals surface area contributed by atoms with E-state index in [-0.39, 0.29) is 4.90 Å². The van der Waals surface area contributed by atoms with Gasteiger partial charge in [-0.1, -0.05) is 6.07 Å². The summed E-state index contributed by atoms with van der Waals surface area (Å²) < 4.78 is 56.8. The molecule has 1 aromatic rings. The summed E-state index contributed by atoms with van der Waals surface area (Å²) in [6, 6.07) is 3.60. The standard InChI is InChI=1S/C7H5F3O2S/c8-7(9,10)5-2-1-3-6(4-5)13(11)12/h1-4,13H. The number of alkyl halides is 3. The van der Waals surface area contributed by atoms with E-state index in [9.17, 15) is 21.6 Å². The Hall–Kier alpha value is -1.04. The van der Waals surface area contributed by atoms with Crippen LogP contribution in [-0.2, 0) is 16.9 Å². The maximum atomic E-state index is 12.0. The van der Waals surface area contributed by atoms with Crippen LogP contribution in [0, 0.1) is 0 Å². The van der Waals surface area contributed by atoms with Gasteiger partial charge in [-0.25, -0.2) is 8.42 Å². The van der Waals surface area contributed by atoms with E-state index < -0.39 is 22.4 Å². The molecule has 0 fully saturated rings. The summed E-state index contributed by atoms with van der Waals surface area (Å²) in [7, 11) is -2.96. The number of hydrogen-bond acceptors (Lipinski definition) is 2. The molecule has 0 N–H and O–H groups in total. The number of rotatable bonds is 1. The second kappa shape index (κ2) is 3.37. The summed E-state index contributed by atoms with van der Waals surface area (Å²) in [5.41, 5.74) is -0.954. The Morgan fingerprint density at radius 3 is 2.23 bits per heavy atom. The smallest absolute Gasteiger partial charge is 0.227 e. The molecule has 0 atom stereocenters. The van der Waals surface area contributed by atoms with Gasteiger partial charge in [0.25, 0.3) is 0 Å². The fraction of sp³-hybridized carbons (Fsp3) is 0.143. The lowest BCUT2D eigenvalue weighted by Gasteiger charge is -2.05. The Kier molecular flexibility index (Phi) is 2.60. The highest BCUT2D eigenvalue weighted by molar-refractivity contribution is 7.72. The Morgan fingerprint density at radius 2 is 1.77 bits per heavy atom. The lowest BCUT2D eigenvalue weighted by atomic mass is 10.2. The van der Waals surface area contributed by atoms with E-state index in [0.717, 1.165) is 18.2 Å². The molecule has 13 heavy (non-hydrogen) atoms. The van der Waals surface area contributed by atoms with Gasteiger partial charge in [-0.2, -0.15) is 13.2 Å². The maximum Gasteiger partial charge on any atom is 0.416 e. The molecule has 0 radical (unpaired) electrons. The molecule has 0 unspecified atom stereocenters. The Labute approximate surface area is 74.0 Å². The Bertz CT molecular complexity index is 374. The quantitative estimate of drug-likeness (QED) is 0.715. The first kappa shape index (κ1) is 10.0. The molecule has 2 nitrogen and oxygen atoms in total. The molecule has 0 heterocycles. The molecule has 0 aliphatic carbocycles. The number of halogens is 3. The van der Waals surface area contributed by atoms with E-state index >= 15 is 0 Å². The van der Waals surface area contributed by atoms with Gasteiger partial charge in [0, 0.05) is 0 Å². The van der Waals surface area contributed by atoms with Gasteiger partial charge in [0.1, 0.15) is 0 Å². The van der Waals surface area contributed by atoms with Gasteiger partial charge in [0.2, 0.25) is 0 Å². The first-order valence-corrected chi connectivity index (χ1v) is 4.40.